The number of rotatable bonds is 14. The molecule has 138 valence electrons. The summed E-state index contributed by atoms with van der Waals surface area (Å²) in [6, 6.07) is 0. The molecule has 0 saturated heterocycles. The molecule has 0 aliphatic heterocycles. The van der Waals surface area contributed by atoms with Gasteiger partial charge in [0.25, 0.3) is 0 Å². The molecule has 0 aliphatic rings. The van der Waals surface area contributed by atoms with Crippen molar-refractivity contribution in [2.24, 2.45) is 0 Å². The SMILES string of the molecule is CCCCCCCCCCCCCOC(=O)C(F)(F)S(=O)(=O)O. The zero-order chi connectivity index (χ0) is 17.8. The fourth-order valence-electron chi connectivity index (χ4n) is 2.12. The van der Waals surface area contributed by atoms with Crippen LogP contribution in [0.5, 0.6) is 0 Å². The first kappa shape index (κ1) is 22.2. The average Bonchev–Trinajstić information content (AvgIpc) is 2.47. The predicted molar refractivity (Wildman–Crippen MR) is 83.9 cm³/mol. The summed E-state index contributed by atoms with van der Waals surface area (Å²) in [7, 11) is -5.78. The zero-order valence-electron chi connectivity index (χ0n) is 13.7. The maximum Gasteiger partial charge on any atom is 0.465 e. The van der Waals surface area contributed by atoms with Crippen LogP contribution in [0.1, 0.15) is 77.6 Å². The Morgan fingerprint density at radius 3 is 1.70 bits per heavy atom. The minimum Gasteiger partial charge on any atom is -0.460 e. The molecule has 0 unspecified atom stereocenters. The Bertz CT molecular complexity index is 424. The molecule has 0 saturated carbocycles. The van der Waals surface area contributed by atoms with E-state index in [1.54, 1.807) is 0 Å². The zero-order valence-corrected chi connectivity index (χ0v) is 14.5. The van der Waals surface area contributed by atoms with Gasteiger partial charge in [0.05, 0.1) is 6.61 Å². The Hall–Kier alpha value is -0.760. The van der Waals surface area contributed by atoms with Gasteiger partial charge >= 0.3 is 21.3 Å². The second kappa shape index (κ2) is 11.7. The van der Waals surface area contributed by atoms with Gasteiger partial charge in [-0.1, -0.05) is 71.1 Å². The van der Waals surface area contributed by atoms with Gasteiger partial charge in [0.2, 0.25) is 0 Å². The fraction of sp³-hybridized carbons (Fsp3) is 0.933. The van der Waals surface area contributed by atoms with E-state index in [2.05, 4.69) is 11.7 Å². The van der Waals surface area contributed by atoms with E-state index in [1.165, 1.54) is 38.5 Å². The molecule has 0 spiro atoms. The lowest BCUT2D eigenvalue weighted by Gasteiger charge is -2.11. The van der Waals surface area contributed by atoms with Crippen molar-refractivity contribution in [1.29, 1.82) is 0 Å². The van der Waals surface area contributed by atoms with Crippen LogP contribution in [0.2, 0.25) is 0 Å². The van der Waals surface area contributed by atoms with Gasteiger partial charge in [-0.25, -0.2) is 4.79 Å². The highest BCUT2D eigenvalue weighted by Crippen LogP contribution is 2.22. The van der Waals surface area contributed by atoms with Crippen LogP contribution in [0.15, 0.2) is 0 Å². The van der Waals surface area contributed by atoms with Crippen LogP contribution in [0.3, 0.4) is 0 Å². The Labute approximate surface area is 137 Å². The number of esters is 1. The van der Waals surface area contributed by atoms with Crippen molar-refractivity contribution in [3.8, 4) is 0 Å². The number of halogens is 2. The number of unbranched alkanes of at least 4 members (excludes halogenated alkanes) is 10. The van der Waals surface area contributed by atoms with Crippen LogP contribution >= 0.6 is 0 Å². The lowest BCUT2D eigenvalue weighted by Crippen LogP contribution is -2.39. The van der Waals surface area contributed by atoms with E-state index >= 15 is 0 Å². The largest absolute Gasteiger partial charge is 0.465 e. The second-order valence-corrected chi connectivity index (χ2v) is 7.13. The van der Waals surface area contributed by atoms with Crippen LogP contribution in [-0.4, -0.2) is 30.8 Å². The van der Waals surface area contributed by atoms with E-state index in [4.69, 9.17) is 4.55 Å². The Kier molecular flexibility index (Phi) is 11.3. The lowest BCUT2D eigenvalue weighted by molar-refractivity contribution is -0.161. The van der Waals surface area contributed by atoms with E-state index in [0.29, 0.717) is 6.42 Å². The maximum absolute atomic E-state index is 12.8. The van der Waals surface area contributed by atoms with Crippen molar-refractivity contribution < 1.29 is 31.3 Å². The molecule has 0 atom stereocenters. The number of ether oxygens (including phenoxy) is 1. The molecule has 0 aromatic heterocycles. The van der Waals surface area contributed by atoms with Crippen molar-refractivity contribution in [3.63, 3.8) is 0 Å². The van der Waals surface area contributed by atoms with Crippen LogP contribution in [0, 0.1) is 0 Å². The summed E-state index contributed by atoms with van der Waals surface area (Å²) < 4.78 is 58.7. The summed E-state index contributed by atoms with van der Waals surface area (Å²) in [5.41, 5.74) is 0. The van der Waals surface area contributed by atoms with E-state index in [0.717, 1.165) is 25.7 Å². The normalized spacial score (nSPS) is 12.3. The number of carbonyl (C=O) groups is 1. The van der Waals surface area contributed by atoms with Crippen LogP contribution < -0.4 is 0 Å². The Morgan fingerprint density at radius 2 is 1.30 bits per heavy atom. The summed E-state index contributed by atoms with van der Waals surface area (Å²) in [6.45, 7) is 1.90. The monoisotopic (exact) mass is 358 g/mol. The van der Waals surface area contributed by atoms with Crippen molar-refractivity contribution in [2.45, 2.75) is 82.8 Å². The van der Waals surface area contributed by atoms with Crippen molar-refractivity contribution in [3.05, 3.63) is 0 Å². The molecule has 0 radical (unpaired) electrons. The number of hydrogen-bond acceptors (Lipinski definition) is 4. The molecule has 1 N–H and O–H groups in total. The first-order valence-corrected chi connectivity index (χ1v) is 9.69. The summed E-state index contributed by atoms with van der Waals surface area (Å²) in [4.78, 5) is 10.9. The second-order valence-electron chi connectivity index (χ2n) is 5.66. The molecule has 5 nitrogen and oxygen atoms in total. The van der Waals surface area contributed by atoms with Gasteiger partial charge in [-0.15, -0.1) is 0 Å². The molecule has 0 heterocycles. The van der Waals surface area contributed by atoms with Crippen molar-refractivity contribution in [1.82, 2.24) is 0 Å². The van der Waals surface area contributed by atoms with Crippen molar-refractivity contribution >= 4 is 16.1 Å². The third-order valence-corrected chi connectivity index (χ3v) is 4.36. The summed E-state index contributed by atoms with van der Waals surface area (Å²) in [5.74, 6) is -2.23. The molecule has 0 bridgehead atoms. The molecule has 0 aliphatic carbocycles. The molecule has 23 heavy (non-hydrogen) atoms. The molecule has 0 aromatic rings. The number of carbonyl (C=O) groups excluding carboxylic acids is 1. The number of alkyl halides is 2. The van der Waals surface area contributed by atoms with Gasteiger partial charge in [0.1, 0.15) is 0 Å². The smallest absolute Gasteiger partial charge is 0.460 e. The minimum absolute atomic E-state index is 0.277. The third-order valence-electron chi connectivity index (χ3n) is 3.54. The van der Waals surface area contributed by atoms with Crippen molar-refractivity contribution in [2.75, 3.05) is 6.61 Å². The highest BCUT2D eigenvalue weighted by atomic mass is 32.2. The third kappa shape index (κ3) is 9.86. The highest BCUT2D eigenvalue weighted by molar-refractivity contribution is 7.87. The van der Waals surface area contributed by atoms with Gasteiger partial charge in [0.15, 0.2) is 0 Å². The molecular weight excluding hydrogens is 330 g/mol. The summed E-state index contributed by atoms with van der Waals surface area (Å²) in [5, 5.41) is -4.90. The lowest BCUT2D eigenvalue weighted by atomic mass is 10.1. The standard InChI is InChI=1S/C15H28F2O5S/c1-2-3-4-5-6-7-8-9-10-11-12-13-22-14(18)15(16,17)23(19,20)21/h2-13H2,1H3,(H,19,20,21). The fourth-order valence-corrected chi connectivity index (χ4v) is 2.39. The van der Waals surface area contributed by atoms with Gasteiger partial charge in [0, 0.05) is 0 Å². The molecule has 0 amide bonds. The molecule has 0 rings (SSSR count). The number of hydrogen-bond donors (Lipinski definition) is 1. The van der Waals surface area contributed by atoms with Crippen LogP contribution in [0.25, 0.3) is 0 Å². The van der Waals surface area contributed by atoms with E-state index in [9.17, 15) is 22.0 Å². The first-order chi connectivity index (χ1) is 10.7. The minimum atomic E-state index is -5.78. The summed E-state index contributed by atoms with van der Waals surface area (Å²) in [6.07, 6.45) is 11.7. The van der Waals surface area contributed by atoms with Gasteiger partial charge in [-0.3, -0.25) is 4.55 Å². The predicted octanol–water partition coefficient (Wildman–Crippen LogP) is 4.32. The van der Waals surface area contributed by atoms with Gasteiger partial charge in [-0.2, -0.15) is 17.2 Å². The van der Waals surface area contributed by atoms with Crippen LogP contribution in [-0.2, 0) is 19.6 Å². The van der Waals surface area contributed by atoms with E-state index in [-0.39, 0.29) is 6.61 Å². The highest BCUT2D eigenvalue weighted by Gasteiger charge is 2.54. The van der Waals surface area contributed by atoms with Gasteiger partial charge in [-0.05, 0) is 6.42 Å². The molecule has 0 aromatic carbocycles. The summed E-state index contributed by atoms with van der Waals surface area (Å²) >= 11 is 0. The Balaban J connectivity index is 3.52. The molecular formula is C15H28F2O5S. The molecule has 8 heteroatoms. The maximum atomic E-state index is 12.8. The molecule has 0 fully saturated rings. The van der Waals surface area contributed by atoms with E-state index < -0.39 is 21.3 Å². The average molecular weight is 358 g/mol. The van der Waals surface area contributed by atoms with Crippen LogP contribution in [0.4, 0.5) is 8.78 Å². The quantitative estimate of drug-likeness (QED) is 0.284. The van der Waals surface area contributed by atoms with Gasteiger partial charge < -0.3 is 4.74 Å². The first-order valence-electron chi connectivity index (χ1n) is 8.25. The Morgan fingerprint density at radius 1 is 0.913 bits per heavy atom. The van der Waals surface area contributed by atoms with E-state index in [1.807, 2.05) is 0 Å². The topological polar surface area (TPSA) is 80.7 Å².